The molecule has 1 aromatic rings. The molecular weight excluding hydrogens is 196 g/mol. The van der Waals surface area contributed by atoms with Crippen LogP contribution < -0.4 is 0 Å². The maximum Gasteiger partial charge on any atom is 0.195 e. The molecule has 0 aliphatic carbocycles. The van der Waals surface area contributed by atoms with E-state index in [9.17, 15) is 9.59 Å². The molecule has 1 fully saturated rings. The zero-order chi connectivity index (χ0) is 10.8. The van der Waals surface area contributed by atoms with E-state index in [1.165, 1.54) is 0 Å². The molecule has 1 aliphatic heterocycles. The van der Waals surface area contributed by atoms with Crippen molar-refractivity contribution < 1.29 is 14.3 Å². The first-order chi connectivity index (χ1) is 7.18. The summed E-state index contributed by atoms with van der Waals surface area (Å²) in [4.78, 5) is 27.3. The molecule has 0 N–H and O–H groups in total. The number of Topliss-reactive ketones (excluding diaryl/α,β-unsaturated/α-hetero) is 2. The molecule has 5 heteroatoms. The summed E-state index contributed by atoms with van der Waals surface area (Å²) in [6, 6.07) is 0. The molecule has 1 atom stereocenters. The lowest BCUT2D eigenvalue weighted by atomic mass is 9.94. The molecule has 0 bridgehead atoms. The highest BCUT2D eigenvalue weighted by Gasteiger charge is 2.31. The van der Waals surface area contributed by atoms with Gasteiger partial charge in [0, 0.05) is 19.7 Å². The van der Waals surface area contributed by atoms with Crippen molar-refractivity contribution in [2.75, 3.05) is 13.2 Å². The van der Waals surface area contributed by atoms with Gasteiger partial charge in [-0.1, -0.05) is 0 Å². The zero-order valence-electron chi connectivity index (χ0n) is 8.47. The SMILES string of the molecule is Cn1cnc(C(=O)C2COCCC2=O)c1. The Labute approximate surface area is 87.1 Å². The van der Waals surface area contributed by atoms with Gasteiger partial charge in [-0.15, -0.1) is 0 Å². The van der Waals surface area contributed by atoms with E-state index in [1.54, 1.807) is 24.1 Å². The fraction of sp³-hybridized carbons (Fsp3) is 0.500. The predicted octanol–water partition coefficient (Wildman–Crippen LogP) is 0.208. The summed E-state index contributed by atoms with van der Waals surface area (Å²) in [5.74, 6) is -0.939. The first kappa shape index (κ1) is 10.0. The van der Waals surface area contributed by atoms with Gasteiger partial charge < -0.3 is 9.30 Å². The van der Waals surface area contributed by atoms with Crippen LogP contribution in [0.25, 0.3) is 0 Å². The summed E-state index contributed by atoms with van der Waals surface area (Å²) < 4.78 is 6.81. The van der Waals surface area contributed by atoms with Crippen LogP contribution in [0.5, 0.6) is 0 Å². The number of rotatable bonds is 2. The monoisotopic (exact) mass is 208 g/mol. The molecule has 2 rings (SSSR count). The van der Waals surface area contributed by atoms with Gasteiger partial charge in [-0.05, 0) is 0 Å². The lowest BCUT2D eigenvalue weighted by Crippen LogP contribution is -2.34. The third kappa shape index (κ3) is 1.97. The first-order valence-corrected chi connectivity index (χ1v) is 4.81. The first-order valence-electron chi connectivity index (χ1n) is 4.81. The van der Waals surface area contributed by atoms with Crippen LogP contribution in [0.15, 0.2) is 12.5 Å². The Morgan fingerprint density at radius 3 is 3.07 bits per heavy atom. The summed E-state index contributed by atoms with van der Waals surface area (Å²) in [5.41, 5.74) is 0.335. The highest BCUT2D eigenvalue weighted by atomic mass is 16.5. The number of ketones is 2. The Hall–Kier alpha value is -1.49. The summed E-state index contributed by atoms with van der Waals surface area (Å²) in [6.07, 6.45) is 3.48. The number of carbonyl (C=O) groups excluding carboxylic acids is 2. The molecule has 0 amide bonds. The topological polar surface area (TPSA) is 61.2 Å². The summed E-state index contributed by atoms with van der Waals surface area (Å²) in [6.45, 7) is 0.610. The normalized spacial score (nSPS) is 21.7. The van der Waals surface area contributed by atoms with Crippen LogP contribution in [0.4, 0.5) is 0 Å². The van der Waals surface area contributed by atoms with Crippen LogP contribution in [0, 0.1) is 5.92 Å². The van der Waals surface area contributed by atoms with Gasteiger partial charge >= 0.3 is 0 Å². The smallest absolute Gasteiger partial charge is 0.195 e. The second kappa shape index (κ2) is 3.94. The molecule has 1 unspecified atom stereocenters. The second-order valence-electron chi connectivity index (χ2n) is 3.63. The lowest BCUT2D eigenvalue weighted by Gasteiger charge is -2.18. The fourth-order valence-corrected chi connectivity index (χ4v) is 1.58. The highest BCUT2D eigenvalue weighted by Crippen LogP contribution is 2.14. The fourth-order valence-electron chi connectivity index (χ4n) is 1.58. The van der Waals surface area contributed by atoms with Gasteiger partial charge in [0.15, 0.2) is 5.78 Å². The number of carbonyl (C=O) groups is 2. The van der Waals surface area contributed by atoms with Crippen molar-refractivity contribution in [1.82, 2.24) is 9.55 Å². The zero-order valence-corrected chi connectivity index (χ0v) is 8.47. The summed E-state index contributed by atoms with van der Waals surface area (Å²) in [5, 5.41) is 0. The van der Waals surface area contributed by atoms with Gasteiger partial charge in [0.2, 0.25) is 0 Å². The van der Waals surface area contributed by atoms with E-state index < -0.39 is 5.92 Å². The van der Waals surface area contributed by atoms with Crippen molar-refractivity contribution in [3.05, 3.63) is 18.2 Å². The maximum absolute atomic E-state index is 11.8. The molecule has 0 radical (unpaired) electrons. The van der Waals surface area contributed by atoms with E-state index in [2.05, 4.69) is 4.98 Å². The van der Waals surface area contributed by atoms with E-state index >= 15 is 0 Å². The van der Waals surface area contributed by atoms with E-state index in [0.29, 0.717) is 18.7 Å². The van der Waals surface area contributed by atoms with Crippen molar-refractivity contribution >= 4 is 11.6 Å². The van der Waals surface area contributed by atoms with Crippen LogP contribution in [-0.2, 0) is 16.6 Å². The van der Waals surface area contributed by atoms with E-state index in [-0.39, 0.29) is 18.2 Å². The van der Waals surface area contributed by atoms with Gasteiger partial charge in [-0.2, -0.15) is 0 Å². The number of ether oxygens (including phenoxy) is 1. The third-order valence-electron chi connectivity index (χ3n) is 2.44. The van der Waals surface area contributed by atoms with E-state index in [0.717, 1.165) is 0 Å². The molecule has 2 heterocycles. The van der Waals surface area contributed by atoms with Gasteiger partial charge in [0.1, 0.15) is 17.4 Å². The Morgan fingerprint density at radius 2 is 2.47 bits per heavy atom. The maximum atomic E-state index is 11.8. The minimum atomic E-state index is -0.659. The van der Waals surface area contributed by atoms with Crippen molar-refractivity contribution in [2.24, 2.45) is 13.0 Å². The molecule has 1 aliphatic rings. The van der Waals surface area contributed by atoms with Crippen LogP contribution in [0.3, 0.4) is 0 Å². The third-order valence-corrected chi connectivity index (χ3v) is 2.44. The molecule has 1 aromatic heterocycles. The van der Waals surface area contributed by atoms with Gasteiger partial charge in [0.05, 0.1) is 19.5 Å². The second-order valence-corrected chi connectivity index (χ2v) is 3.63. The molecule has 80 valence electrons. The molecule has 0 spiro atoms. The van der Waals surface area contributed by atoms with Crippen molar-refractivity contribution in [3.63, 3.8) is 0 Å². The Balaban J connectivity index is 2.16. The standard InChI is InChI=1S/C10H12N2O3/c1-12-4-8(11-6-12)10(14)7-5-15-3-2-9(7)13/h4,6-7H,2-3,5H2,1H3. The van der Waals surface area contributed by atoms with E-state index in [1.807, 2.05) is 0 Å². The largest absolute Gasteiger partial charge is 0.380 e. The van der Waals surface area contributed by atoms with Gasteiger partial charge in [-0.3, -0.25) is 9.59 Å². The van der Waals surface area contributed by atoms with Crippen molar-refractivity contribution in [2.45, 2.75) is 6.42 Å². The highest BCUT2D eigenvalue weighted by molar-refractivity contribution is 6.10. The van der Waals surface area contributed by atoms with Crippen LogP contribution in [0.2, 0.25) is 0 Å². The molecule has 0 saturated carbocycles. The number of hydrogen-bond acceptors (Lipinski definition) is 4. The number of aromatic nitrogens is 2. The number of nitrogens with zero attached hydrogens (tertiary/aromatic N) is 2. The summed E-state index contributed by atoms with van der Waals surface area (Å²) in [7, 11) is 1.78. The van der Waals surface area contributed by atoms with Crippen LogP contribution in [-0.4, -0.2) is 34.3 Å². The molecule has 1 saturated heterocycles. The van der Waals surface area contributed by atoms with E-state index in [4.69, 9.17) is 4.74 Å². The average molecular weight is 208 g/mol. The number of aryl methyl sites for hydroxylation is 1. The molecule has 0 aromatic carbocycles. The lowest BCUT2D eigenvalue weighted by molar-refractivity contribution is -0.128. The Kier molecular flexibility index (Phi) is 2.64. The minimum Gasteiger partial charge on any atom is -0.380 e. The Morgan fingerprint density at radius 1 is 1.67 bits per heavy atom. The van der Waals surface area contributed by atoms with Gasteiger partial charge in [0.25, 0.3) is 0 Å². The van der Waals surface area contributed by atoms with Crippen molar-refractivity contribution in [1.29, 1.82) is 0 Å². The minimum absolute atomic E-state index is 0.0445. The van der Waals surface area contributed by atoms with Crippen LogP contribution >= 0.6 is 0 Å². The van der Waals surface area contributed by atoms with Gasteiger partial charge in [-0.25, -0.2) is 4.98 Å². The Bertz CT molecular complexity index is 397. The molecular formula is C10H12N2O3. The van der Waals surface area contributed by atoms with Crippen molar-refractivity contribution in [3.8, 4) is 0 Å². The predicted molar refractivity (Wildman–Crippen MR) is 51.5 cm³/mol. The average Bonchev–Trinajstić information content (AvgIpc) is 2.65. The molecule has 5 nitrogen and oxygen atoms in total. The number of hydrogen-bond donors (Lipinski definition) is 0. The molecule has 15 heavy (non-hydrogen) atoms. The quantitative estimate of drug-likeness (QED) is 0.515. The summed E-state index contributed by atoms with van der Waals surface area (Å²) >= 11 is 0. The van der Waals surface area contributed by atoms with Crippen LogP contribution in [0.1, 0.15) is 16.9 Å². The number of imidazole rings is 1.